The Morgan fingerprint density at radius 3 is 2.62 bits per heavy atom. The first kappa shape index (κ1) is 19.4. The Balaban J connectivity index is 1.29. The van der Waals surface area contributed by atoms with Crippen molar-refractivity contribution >= 4 is 28.2 Å². The molecule has 2 heterocycles. The van der Waals surface area contributed by atoms with Crippen LogP contribution in [-0.4, -0.2) is 27.4 Å². The van der Waals surface area contributed by atoms with Gasteiger partial charge in [0.2, 0.25) is 16.8 Å². The maximum absolute atomic E-state index is 5.35. The normalized spacial score (nSPS) is 10.8. The van der Waals surface area contributed by atoms with E-state index >= 15 is 0 Å². The van der Waals surface area contributed by atoms with E-state index in [9.17, 15) is 0 Å². The molecule has 0 aliphatic carbocycles. The van der Waals surface area contributed by atoms with E-state index in [0.717, 1.165) is 26.3 Å². The molecule has 0 bridgehead atoms. The molecule has 0 saturated heterocycles. The van der Waals surface area contributed by atoms with Gasteiger partial charge in [-0.2, -0.15) is 4.98 Å². The maximum atomic E-state index is 5.35. The summed E-state index contributed by atoms with van der Waals surface area (Å²) in [4.78, 5) is 4.45. The Morgan fingerprint density at radius 1 is 1.07 bits per heavy atom. The predicted octanol–water partition coefficient (Wildman–Crippen LogP) is 4.81. The number of methoxy groups -OCH3 is 1. The SMILES string of the molecule is COc1ccc(CNc2nnc(SCc3nc(-c4ccc(C)cc4)no3)s2)cc1. The van der Waals surface area contributed by atoms with Crippen LogP contribution in [-0.2, 0) is 12.3 Å². The standard InChI is InChI=1S/C20H19N5O2S2/c1-13-3-7-15(8-4-13)18-22-17(27-25-18)12-28-20-24-23-19(29-20)21-11-14-5-9-16(26-2)10-6-14/h3-10H,11-12H2,1-2H3,(H,21,23). The lowest BCUT2D eigenvalue weighted by atomic mass is 10.1. The third kappa shape index (κ3) is 5.12. The van der Waals surface area contributed by atoms with Crippen molar-refractivity contribution < 1.29 is 9.26 Å². The van der Waals surface area contributed by atoms with E-state index in [1.54, 1.807) is 7.11 Å². The molecule has 0 radical (unpaired) electrons. The molecule has 0 fully saturated rings. The summed E-state index contributed by atoms with van der Waals surface area (Å²) in [5.74, 6) is 2.55. The number of thioether (sulfide) groups is 1. The van der Waals surface area contributed by atoms with E-state index in [-0.39, 0.29) is 0 Å². The van der Waals surface area contributed by atoms with Gasteiger partial charge >= 0.3 is 0 Å². The minimum absolute atomic E-state index is 0.548. The second-order valence-electron chi connectivity index (χ2n) is 6.24. The third-order valence-corrected chi connectivity index (χ3v) is 6.11. The fourth-order valence-electron chi connectivity index (χ4n) is 2.52. The van der Waals surface area contributed by atoms with Crippen LogP contribution in [0.3, 0.4) is 0 Å². The number of hydrogen-bond donors (Lipinski definition) is 1. The highest BCUT2D eigenvalue weighted by Gasteiger charge is 2.11. The van der Waals surface area contributed by atoms with Gasteiger partial charge in [0.25, 0.3) is 0 Å². The molecule has 0 saturated carbocycles. The highest BCUT2D eigenvalue weighted by atomic mass is 32.2. The number of nitrogens with one attached hydrogen (secondary N) is 1. The lowest BCUT2D eigenvalue weighted by Gasteiger charge is -2.03. The van der Waals surface area contributed by atoms with Crippen LogP contribution in [0.25, 0.3) is 11.4 Å². The summed E-state index contributed by atoms with van der Waals surface area (Å²) < 4.78 is 11.4. The van der Waals surface area contributed by atoms with Crippen LogP contribution in [0.1, 0.15) is 17.0 Å². The molecule has 4 aromatic rings. The number of aryl methyl sites for hydroxylation is 1. The highest BCUT2D eigenvalue weighted by Crippen LogP contribution is 2.29. The zero-order valence-corrected chi connectivity index (χ0v) is 17.6. The summed E-state index contributed by atoms with van der Waals surface area (Å²) in [5.41, 5.74) is 3.28. The van der Waals surface area contributed by atoms with Gasteiger partial charge in [-0.3, -0.25) is 0 Å². The Bertz CT molecular complexity index is 1060. The molecule has 0 spiro atoms. The number of anilines is 1. The molecule has 2 aromatic heterocycles. The van der Waals surface area contributed by atoms with Crippen molar-refractivity contribution in [1.29, 1.82) is 0 Å². The van der Waals surface area contributed by atoms with E-state index in [4.69, 9.17) is 9.26 Å². The Morgan fingerprint density at radius 2 is 1.86 bits per heavy atom. The predicted molar refractivity (Wildman–Crippen MR) is 114 cm³/mol. The molecule has 1 N–H and O–H groups in total. The Hall–Kier alpha value is -2.91. The van der Waals surface area contributed by atoms with Gasteiger partial charge in [-0.1, -0.05) is 70.2 Å². The minimum atomic E-state index is 0.548. The molecule has 0 amide bonds. The van der Waals surface area contributed by atoms with Gasteiger partial charge in [0.05, 0.1) is 12.9 Å². The first-order valence-corrected chi connectivity index (χ1v) is 10.7. The fourth-order valence-corrected chi connectivity index (χ4v) is 4.10. The first-order chi connectivity index (χ1) is 14.2. The van der Waals surface area contributed by atoms with Crippen LogP contribution in [0.2, 0.25) is 0 Å². The molecule has 4 rings (SSSR count). The Labute approximate surface area is 176 Å². The molecular formula is C20H19N5O2S2. The first-order valence-electron chi connectivity index (χ1n) is 8.92. The second kappa shape index (κ2) is 9.06. The summed E-state index contributed by atoms with van der Waals surface area (Å²) in [7, 11) is 1.66. The van der Waals surface area contributed by atoms with Gasteiger partial charge in [-0.05, 0) is 24.6 Å². The monoisotopic (exact) mass is 425 g/mol. The van der Waals surface area contributed by atoms with Gasteiger partial charge in [0.1, 0.15) is 5.75 Å². The van der Waals surface area contributed by atoms with Crippen LogP contribution in [0.4, 0.5) is 5.13 Å². The van der Waals surface area contributed by atoms with E-state index in [1.165, 1.54) is 28.7 Å². The lowest BCUT2D eigenvalue weighted by Crippen LogP contribution is -1.98. The van der Waals surface area contributed by atoms with Crippen LogP contribution in [0, 0.1) is 6.92 Å². The van der Waals surface area contributed by atoms with Gasteiger partial charge in [0.15, 0.2) is 4.34 Å². The largest absolute Gasteiger partial charge is 0.497 e. The highest BCUT2D eigenvalue weighted by molar-refractivity contribution is 8.00. The van der Waals surface area contributed by atoms with E-state index in [1.807, 2.05) is 55.5 Å². The molecule has 0 unspecified atom stereocenters. The number of hydrogen-bond acceptors (Lipinski definition) is 9. The zero-order chi connectivity index (χ0) is 20.1. The van der Waals surface area contributed by atoms with Gasteiger partial charge in [0, 0.05) is 12.1 Å². The fraction of sp³-hybridized carbons (Fsp3) is 0.200. The molecular weight excluding hydrogens is 406 g/mol. The van der Waals surface area contributed by atoms with Gasteiger partial charge in [-0.25, -0.2) is 0 Å². The molecule has 0 atom stereocenters. The van der Waals surface area contributed by atoms with Crippen LogP contribution in [0.5, 0.6) is 5.75 Å². The average Bonchev–Trinajstić information content (AvgIpc) is 3.41. The molecule has 0 aliphatic rings. The zero-order valence-electron chi connectivity index (χ0n) is 16.0. The maximum Gasteiger partial charge on any atom is 0.237 e. The smallest absolute Gasteiger partial charge is 0.237 e. The molecule has 9 heteroatoms. The lowest BCUT2D eigenvalue weighted by molar-refractivity contribution is 0.391. The van der Waals surface area contributed by atoms with Crippen molar-refractivity contribution in [1.82, 2.24) is 20.3 Å². The topological polar surface area (TPSA) is 86.0 Å². The molecule has 2 aromatic carbocycles. The number of nitrogens with zero attached hydrogens (tertiary/aromatic N) is 4. The van der Waals surface area contributed by atoms with E-state index < -0.39 is 0 Å². The van der Waals surface area contributed by atoms with Crippen LogP contribution < -0.4 is 10.1 Å². The minimum Gasteiger partial charge on any atom is -0.497 e. The summed E-state index contributed by atoms with van der Waals surface area (Å²) in [6.45, 7) is 2.72. The van der Waals surface area contributed by atoms with E-state index in [0.29, 0.717) is 24.0 Å². The summed E-state index contributed by atoms with van der Waals surface area (Å²) >= 11 is 3.02. The van der Waals surface area contributed by atoms with E-state index in [2.05, 4.69) is 25.7 Å². The molecule has 148 valence electrons. The summed E-state index contributed by atoms with van der Waals surface area (Å²) in [6.07, 6.45) is 0. The number of benzene rings is 2. The molecule has 0 aliphatic heterocycles. The van der Waals surface area contributed by atoms with Gasteiger partial charge < -0.3 is 14.6 Å². The summed E-state index contributed by atoms with van der Waals surface area (Å²) in [5, 5.41) is 16.5. The quantitative estimate of drug-likeness (QED) is 0.403. The third-order valence-electron chi connectivity index (χ3n) is 4.11. The number of ether oxygens (including phenoxy) is 1. The average molecular weight is 426 g/mol. The van der Waals surface area contributed by atoms with Crippen molar-refractivity contribution in [3.63, 3.8) is 0 Å². The van der Waals surface area contributed by atoms with Crippen molar-refractivity contribution in [2.45, 2.75) is 23.6 Å². The number of rotatable bonds is 8. The number of aromatic nitrogens is 4. The van der Waals surface area contributed by atoms with Crippen LogP contribution >= 0.6 is 23.1 Å². The Kier molecular flexibility index (Phi) is 6.06. The molecule has 29 heavy (non-hydrogen) atoms. The molecule has 7 nitrogen and oxygen atoms in total. The summed E-state index contributed by atoms with van der Waals surface area (Å²) in [6, 6.07) is 15.9. The van der Waals surface area contributed by atoms with Crippen molar-refractivity contribution in [3.05, 3.63) is 65.5 Å². The van der Waals surface area contributed by atoms with Gasteiger partial charge in [-0.15, -0.1) is 10.2 Å². The second-order valence-corrected chi connectivity index (χ2v) is 8.44. The van der Waals surface area contributed by atoms with Crippen molar-refractivity contribution in [3.8, 4) is 17.1 Å². The van der Waals surface area contributed by atoms with Crippen molar-refractivity contribution in [2.75, 3.05) is 12.4 Å². The van der Waals surface area contributed by atoms with Crippen LogP contribution in [0.15, 0.2) is 57.4 Å². The van der Waals surface area contributed by atoms with Crippen molar-refractivity contribution in [2.24, 2.45) is 0 Å².